The molecule has 3 unspecified atom stereocenters. The van der Waals surface area contributed by atoms with E-state index in [4.69, 9.17) is 0 Å². The van der Waals surface area contributed by atoms with Crippen LogP contribution in [-0.2, 0) is 14.4 Å². The van der Waals surface area contributed by atoms with Crippen molar-refractivity contribution in [3.05, 3.63) is 10.6 Å². The number of ketones is 1. The fourth-order valence-corrected chi connectivity index (χ4v) is 5.80. The van der Waals surface area contributed by atoms with Crippen molar-refractivity contribution in [3.8, 4) is 0 Å². The lowest BCUT2D eigenvalue weighted by molar-refractivity contribution is -0.163. The van der Waals surface area contributed by atoms with E-state index in [0.29, 0.717) is 24.4 Å². The minimum atomic E-state index is -1.12. The van der Waals surface area contributed by atoms with Crippen molar-refractivity contribution in [1.82, 2.24) is 15.1 Å². The quantitative estimate of drug-likeness (QED) is 0.504. The number of nitrogens with zero attached hydrogens (tertiary/aromatic N) is 2. The maximum Gasteiger partial charge on any atom is 0.353 e. The first-order chi connectivity index (χ1) is 12.6. The van der Waals surface area contributed by atoms with Crippen LogP contribution in [0.4, 0.5) is 0 Å². The van der Waals surface area contributed by atoms with Crippen LogP contribution >= 0.6 is 11.8 Å². The summed E-state index contributed by atoms with van der Waals surface area (Å²) in [5.74, 6) is -2.00. The number of hydrogen-bond donors (Lipinski definition) is 3. The molecule has 9 heteroatoms. The monoisotopic (exact) mass is 397 g/mol. The number of carboxylic acids is 1. The van der Waals surface area contributed by atoms with Crippen molar-refractivity contribution in [2.45, 2.75) is 43.7 Å². The molecule has 27 heavy (non-hydrogen) atoms. The van der Waals surface area contributed by atoms with Crippen molar-refractivity contribution in [2.24, 2.45) is 11.8 Å². The zero-order chi connectivity index (χ0) is 20.0. The molecular formula is C18H27N3O5S. The number of aliphatic hydroxyl groups is 1. The summed E-state index contributed by atoms with van der Waals surface area (Å²) in [5, 5.41) is 22.9. The normalized spacial score (nSPS) is 34.1. The van der Waals surface area contributed by atoms with Crippen LogP contribution in [0.15, 0.2) is 10.6 Å². The Labute approximate surface area is 163 Å². The Bertz CT molecular complexity index is 692. The molecule has 6 atom stereocenters. The average Bonchev–Trinajstić information content (AvgIpc) is 3.10. The highest BCUT2D eigenvalue weighted by Gasteiger charge is 2.60. The number of hydrogen-bond acceptors (Lipinski definition) is 7. The molecule has 8 nitrogen and oxygen atoms in total. The van der Waals surface area contributed by atoms with Gasteiger partial charge in [0.15, 0.2) is 5.78 Å². The van der Waals surface area contributed by atoms with Crippen LogP contribution in [0.2, 0.25) is 0 Å². The van der Waals surface area contributed by atoms with Crippen molar-refractivity contribution < 1.29 is 24.6 Å². The number of β-lactam (4-membered cyclic amide) rings is 1. The highest BCUT2D eigenvalue weighted by molar-refractivity contribution is 8.03. The Hall–Kier alpha value is -1.42. The first-order valence-electron chi connectivity index (χ1n) is 9.19. The predicted molar refractivity (Wildman–Crippen MR) is 101 cm³/mol. The Kier molecular flexibility index (Phi) is 5.67. The minimum absolute atomic E-state index is 0.0440. The lowest BCUT2D eigenvalue weighted by Crippen LogP contribution is -2.63. The lowest BCUT2D eigenvalue weighted by Gasteiger charge is -2.46. The van der Waals surface area contributed by atoms with Gasteiger partial charge in [0.2, 0.25) is 5.91 Å². The molecule has 0 aromatic heterocycles. The van der Waals surface area contributed by atoms with Crippen molar-refractivity contribution in [1.29, 1.82) is 0 Å². The topological polar surface area (TPSA) is 110 Å². The van der Waals surface area contributed by atoms with E-state index >= 15 is 0 Å². The largest absolute Gasteiger partial charge is 0.477 e. The van der Waals surface area contributed by atoms with E-state index in [1.807, 2.05) is 25.9 Å². The van der Waals surface area contributed by atoms with Crippen LogP contribution in [-0.4, -0.2) is 88.3 Å². The van der Waals surface area contributed by atoms with E-state index in [0.717, 1.165) is 0 Å². The number of likely N-dealkylation sites (N-methyl/N-ethyl adjacent to an activating group) is 1. The van der Waals surface area contributed by atoms with Gasteiger partial charge in [-0.05, 0) is 27.4 Å². The van der Waals surface area contributed by atoms with Gasteiger partial charge in [0, 0.05) is 22.6 Å². The number of Topliss-reactive ketones (excluding diaryl/α,β-unsaturated/α-hetero) is 1. The molecule has 1 amide bonds. The first-order valence-corrected chi connectivity index (χ1v) is 10.1. The third-order valence-corrected chi connectivity index (χ3v) is 7.07. The van der Waals surface area contributed by atoms with Crippen LogP contribution < -0.4 is 5.32 Å². The van der Waals surface area contributed by atoms with Gasteiger partial charge in [-0.3, -0.25) is 9.59 Å². The molecule has 0 aromatic rings. The number of aliphatic hydroxyl groups excluding tert-OH is 1. The van der Waals surface area contributed by atoms with E-state index in [2.05, 4.69) is 5.32 Å². The number of rotatable bonds is 7. The first kappa shape index (κ1) is 20.3. The lowest BCUT2D eigenvalue weighted by atomic mass is 9.79. The summed E-state index contributed by atoms with van der Waals surface area (Å²) in [7, 11) is 3.70. The zero-order valence-corrected chi connectivity index (χ0v) is 16.8. The second kappa shape index (κ2) is 7.54. The second-order valence-corrected chi connectivity index (χ2v) is 9.25. The molecule has 2 saturated heterocycles. The van der Waals surface area contributed by atoms with Crippen molar-refractivity contribution in [3.63, 3.8) is 0 Å². The summed E-state index contributed by atoms with van der Waals surface area (Å²) in [6, 6.07) is -0.522. The van der Waals surface area contributed by atoms with Gasteiger partial charge in [0.1, 0.15) is 5.70 Å². The summed E-state index contributed by atoms with van der Waals surface area (Å²) in [5.41, 5.74) is 0.0440. The van der Waals surface area contributed by atoms with Crippen molar-refractivity contribution >= 4 is 29.4 Å². The maximum absolute atomic E-state index is 12.4. The van der Waals surface area contributed by atoms with Crippen LogP contribution in [0, 0.1) is 11.8 Å². The van der Waals surface area contributed by atoms with Gasteiger partial charge in [-0.1, -0.05) is 6.92 Å². The van der Waals surface area contributed by atoms with Gasteiger partial charge < -0.3 is 25.3 Å². The summed E-state index contributed by atoms with van der Waals surface area (Å²) in [6.07, 6.45) is -0.166. The summed E-state index contributed by atoms with van der Waals surface area (Å²) in [4.78, 5) is 40.3. The molecule has 3 rings (SSSR count). The number of nitrogens with one attached hydrogen (secondary N) is 1. The minimum Gasteiger partial charge on any atom is -0.477 e. The molecule has 0 bridgehead atoms. The molecule has 3 aliphatic rings. The molecular weight excluding hydrogens is 370 g/mol. The van der Waals surface area contributed by atoms with E-state index < -0.39 is 18.0 Å². The molecule has 0 saturated carbocycles. The predicted octanol–water partition coefficient (Wildman–Crippen LogP) is -0.265. The standard InChI is InChI=1S/C18H27N3O5S/c1-8-14-13(9(2)22)17(24)21(14)15(18(25)26)16(8)27-10-5-11(19-6-10)12(23)7-20(3)4/h8-11,13-14,19,22H,5-7H2,1-4H3,(H,25,26)/t8-,9-,10-,11?,13?,14?/m1/s1. The Morgan fingerprint density at radius 3 is 2.63 bits per heavy atom. The number of carbonyl (C=O) groups excluding carboxylic acids is 2. The molecule has 0 radical (unpaired) electrons. The van der Waals surface area contributed by atoms with Crippen LogP contribution in [0.1, 0.15) is 20.3 Å². The molecule has 2 fully saturated rings. The number of aliphatic carboxylic acids is 1. The fraction of sp³-hybridized carbons (Fsp3) is 0.722. The Balaban J connectivity index is 1.74. The molecule has 3 heterocycles. The van der Waals surface area contributed by atoms with Gasteiger partial charge in [-0.2, -0.15) is 0 Å². The number of fused-ring (bicyclic) bond motifs is 1. The molecule has 3 aliphatic heterocycles. The summed E-state index contributed by atoms with van der Waals surface area (Å²) < 4.78 is 0. The van der Waals surface area contributed by atoms with E-state index in [1.165, 1.54) is 16.7 Å². The highest BCUT2D eigenvalue weighted by atomic mass is 32.2. The van der Waals surface area contributed by atoms with Gasteiger partial charge in [-0.25, -0.2) is 4.79 Å². The molecule has 150 valence electrons. The summed E-state index contributed by atoms with van der Waals surface area (Å²) >= 11 is 1.46. The molecule has 3 N–H and O–H groups in total. The fourth-order valence-electron chi connectivity index (χ4n) is 4.32. The average molecular weight is 397 g/mol. The van der Waals surface area contributed by atoms with Crippen molar-refractivity contribution in [2.75, 3.05) is 27.2 Å². The highest BCUT2D eigenvalue weighted by Crippen LogP contribution is 2.51. The molecule has 0 aliphatic carbocycles. The zero-order valence-electron chi connectivity index (χ0n) is 16.0. The Morgan fingerprint density at radius 2 is 2.07 bits per heavy atom. The number of carbonyl (C=O) groups is 3. The number of thioether (sulfide) groups is 1. The maximum atomic E-state index is 12.4. The van der Waals surface area contributed by atoms with Crippen LogP contribution in [0.3, 0.4) is 0 Å². The van der Waals surface area contributed by atoms with Crippen LogP contribution in [0.5, 0.6) is 0 Å². The summed E-state index contributed by atoms with van der Waals surface area (Å²) in [6.45, 7) is 4.47. The molecule has 0 aromatic carbocycles. The van der Waals surface area contributed by atoms with Gasteiger partial charge >= 0.3 is 5.97 Å². The smallest absolute Gasteiger partial charge is 0.353 e. The van der Waals surface area contributed by atoms with Gasteiger partial charge in [0.25, 0.3) is 0 Å². The van der Waals surface area contributed by atoms with E-state index in [1.54, 1.807) is 6.92 Å². The number of amides is 1. The SMILES string of the molecule is C[C@@H](O)C1C(=O)N2C(C(=O)O)=C(S[C@H]3CNC(C(=O)CN(C)C)C3)[C@H](C)C12. The van der Waals surface area contributed by atoms with E-state index in [9.17, 15) is 24.6 Å². The Morgan fingerprint density at radius 1 is 1.41 bits per heavy atom. The number of carboxylic acid groups (broad SMARTS) is 1. The van der Waals surface area contributed by atoms with E-state index in [-0.39, 0.29) is 40.6 Å². The molecule has 0 spiro atoms. The second-order valence-electron chi connectivity index (χ2n) is 7.91. The van der Waals surface area contributed by atoms with Crippen LogP contribution in [0.25, 0.3) is 0 Å². The third-order valence-electron chi connectivity index (χ3n) is 5.56. The van der Waals surface area contributed by atoms with Gasteiger partial charge in [0.05, 0.1) is 30.7 Å². The third kappa shape index (κ3) is 3.53. The van der Waals surface area contributed by atoms with Gasteiger partial charge in [-0.15, -0.1) is 11.8 Å².